The molecule has 6 nitrogen and oxygen atoms in total. The number of anilines is 1. The third-order valence-corrected chi connectivity index (χ3v) is 3.77. The van der Waals surface area contributed by atoms with Crippen molar-refractivity contribution in [3.63, 3.8) is 0 Å². The van der Waals surface area contributed by atoms with Gasteiger partial charge in [-0.25, -0.2) is 4.68 Å². The maximum Gasteiger partial charge on any atom is 0.186 e. The number of nitrogen functional groups attached to an aromatic ring is 1. The fraction of sp³-hybridized carbons (Fsp3) is 0.500. The summed E-state index contributed by atoms with van der Waals surface area (Å²) in [4.78, 5) is 0. The van der Waals surface area contributed by atoms with Crippen LogP contribution < -0.4 is 10.5 Å². The maximum absolute atomic E-state index is 5.95. The Kier molecular flexibility index (Phi) is 3.30. The first kappa shape index (κ1) is 12.9. The second-order valence-electron chi connectivity index (χ2n) is 5.40. The zero-order valence-corrected chi connectivity index (χ0v) is 11.8. The molecule has 0 saturated heterocycles. The Hall–Kier alpha value is -2.11. The van der Waals surface area contributed by atoms with Gasteiger partial charge in [0.2, 0.25) is 0 Å². The first-order valence-corrected chi connectivity index (χ1v) is 6.91. The van der Waals surface area contributed by atoms with Gasteiger partial charge in [-0.3, -0.25) is 0 Å². The zero-order chi connectivity index (χ0) is 14.1. The average molecular weight is 273 g/mol. The van der Waals surface area contributed by atoms with Crippen molar-refractivity contribution in [1.29, 1.82) is 0 Å². The molecule has 1 aliphatic rings. The van der Waals surface area contributed by atoms with Crippen LogP contribution in [0.15, 0.2) is 18.2 Å². The highest BCUT2D eigenvalue weighted by molar-refractivity contribution is 5.73. The number of hydrogen-bond donors (Lipinski definition) is 1. The predicted molar refractivity (Wildman–Crippen MR) is 76.3 cm³/mol. The molecule has 20 heavy (non-hydrogen) atoms. The molecule has 1 atom stereocenters. The molecule has 0 aliphatic heterocycles. The summed E-state index contributed by atoms with van der Waals surface area (Å²) in [6, 6.07) is 5.90. The molecule has 1 aromatic heterocycles. The van der Waals surface area contributed by atoms with Gasteiger partial charge in [0.05, 0.1) is 24.4 Å². The van der Waals surface area contributed by atoms with E-state index >= 15 is 0 Å². The van der Waals surface area contributed by atoms with Crippen molar-refractivity contribution in [3.8, 4) is 17.1 Å². The average Bonchev–Trinajstić information content (AvgIpc) is 3.11. The van der Waals surface area contributed by atoms with Crippen molar-refractivity contribution < 1.29 is 4.74 Å². The quantitative estimate of drug-likeness (QED) is 0.845. The Balaban J connectivity index is 1.98. The van der Waals surface area contributed by atoms with E-state index < -0.39 is 0 Å². The Bertz CT molecular complexity index is 605. The summed E-state index contributed by atoms with van der Waals surface area (Å²) in [6.45, 7) is 2.15. The van der Waals surface area contributed by atoms with Crippen LogP contribution in [0.1, 0.15) is 32.2 Å². The van der Waals surface area contributed by atoms with Crippen molar-refractivity contribution >= 4 is 5.69 Å². The lowest BCUT2D eigenvalue weighted by atomic mass is 10.1. The molecule has 1 saturated carbocycles. The number of nitrogens with two attached hydrogens (primary N) is 1. The van der Waals surface area contributed by atoms with Gasteiger partial charge in [-0.15, -0.1) is 5.10 Å². The van der Waals surface area contributed by atoms with Crippen LogP contribution in [-0.2, 0) is 0 Å². The Morgan fingerprint density at radius 1 is 1.45 bits per heavy atom. The minimum absolute atomic E-state index is 0.277. The van der Waals surface area contributed by atoms with Gasteiger partial charge >= 0.3 is 0 Å². The number of methoxy groups -OCH3 is 1. The van der Waals surface area contributed by atoms with Crippen molar-refractivity contribution in [2.45, 2.75) is 32.2 Å². The number of hydrogen-bond acceptors (Lipinski definition) is 5. The van der Waals surface area contributed by atoms with Crippen LogP contribution in [0.4, 0.5) is 5.69 Å². The van der Waals surface area contributed by atoms with Gasteiger partial charge in [-0.2, -0.15) is 0 Å². The van der Waals surface area contributed by atoms with Gasteiger partial charge < -0.3 is 10.5 Å². The predicted octanol–water partition coefficient (Wildman–Crippen LogP) is 2.29. The van der Waals surface area contributed by atoms with E-state index in [1.165, 1.54) is 12.8 Å². The number of para-hydroxylation sites is 1. The SMILES string of the molecule is COc1c(N)cccc1-c1nnnn1C(C)CC1CC1. The van der Waals surface area contributed by atoms with Crippen LogP contribution in [-0.4, -0.2) is 27.3 Å². The van der Waals surface area contributed by atoms with Gasteiger partial charge in [-0.05, 0) is 41.8 Å². The van der Waals surface area contributed by atoms with E-state index in [2.05, 4.69) is 22.4 Å². The zero-order valence-electron chi connectivity index (χ0n) is 11.8. The summed E-state index contributed by atoms with van der Waals surface area (Å²) < 4.78 is 7.26. The first-order chi connectivity index (χ1) is 9.70. The highest BCUT2D eigenvalue weighted by Gasteiger charge is 2.27. The Morgan fingerprint density at radius 3 is 2.95 bits per heavy atom. The minimum atomic E-state index is 0.277. The highest BCUT2D eigenvalue weighted by atomic mass is 16.5. The molecule has 0 radical (unpaired) electrons. The molecule has 1 aliphatic carbocycles. The molecule has 106 valence electrons. The van der Waals surface area contributed by atoms with Gasteiger partial charge in [0.1, 0.15) is 0 Å². The number of ether oxygens (including phenoxy) is 1. The highest BCUT2D eigenvalue weighted by Crippen LogP contribution is 2.38. The minimum Gasteiger partial charge on any atom is -0.494 e. The normalized spacial score (nSPS) is 16.1. The van der Waals surface area contributed by atoms with Crippen molar-refractivity contribution in [2.24, 2.45) is 5.92 Å². The van der Waals surface area contributed by atoms with E-state index in [1.54, 1.807) is 7.11 Å². The number of rotatable bonds is 5. The molecule has 6 heteroatoms. The fourth-order valence-corrected chi connectivity index (χ4v) is 2.56. The van der Waals surface area contributed by atoms with E-state index in [9.17, 15) is 0 Å². The molecule has 2 N–H and O–H groups in total. The molecular weight excluding hydrogens is 254 g/mol. The lowest BCUT2D eigenvalue weighted by Crippen LogP contribution is -2.10. The number of nitrogens with zero attached hydrogens (tertiary/aromatic N) is 4. The monoisotopic (exact) mass is 273 g/mol. The van der Waals surface area contributed by atoms with E-state index in [1.807, 2.05) is 22.9 Å². The van der Waals surface area contributed by atoms with E-state index in [0.29, 0.717) is 17.3 Å². The summed E-state index contributed by atoms with van der Waals surface area (Å²) in [5.41, 5.74) is 7.38. The molecule has 1 aromatic carbocycles. The Labute approximate surface area is 117 Å². The largest absolute Gasteiger partial charge is 0.494 e. The summed E-state index contributed by atoms with van der Waals surface area (Å²) in [7, 11) is 1.61. The third kappa shape index (κ3) is 2.33. The molecule has 0 spiro atoms. The van der Waals surface area contributed by atoms with Crippen molar-refractivity contribution in [3.05, 3.63) is 18.2 Å². The van der Waals surface area contributed by atoms with Crippen LogP contribution >= 0.6 is 0 Å². The van der Waals surface area contributed by atoms with Crippen LogP contribution in [0.5, 0.6) is 5.75 Å². The maximum atomic E-state index is 5.95. The van der Waals surface area contributed by atoms with Gasteiger partial charge in [0.15, 0.2) is 11.6 Å². The molecule has 1 heterocycles. The van der Waals surface area contributed by atoms with Crippen molar-refractivity contribution in [1.82, 2.24) is 20.2 Å². The Morgan fingerprint density at radius 2 is 2.25 bits per heavy atom. The third-order valence-electron chi connectivity index (χ3n) is 3.77. The molecular formula is C14H19N5O. The topological polar surface area (TPSA) is 78.8 Å². The molecule has 1 fully saturated rings. The molecule has 1 unspecified atom stereocenters. The number of aromatic nitrogens is 4. The van der Waals surface area contributed by atoms with Crippen molar-refractivity contribution in [2.75, 3.05) is 12.8 Å². The standard InChI is InChI=1S/C14H19N5O/c1-9(8-10-6-7-10)19-14(16-17-18-19)11-4-3-5-12(15)13(11)20-2/h3-5,9-10H,6-8,15H2,1-2H3. The first-order valence-electron chi connectivity index (χ1n) is 6.91. The van der Waals surface area contributed by atoms with Gasteiger partial charge in [0.25, 0.3) is 0 Å². The van der Waals surface area contributed by atoms with Gasteiger partial charge in [-0.1, -0.05) is 18.9 Å². The summed E-state index contributed by atoms with van der Waals surface area (Å²) in [5, 5.41) is 12.1. The fourth-order valence-electron chi connectivity index (χ4n) is 2.56. The lowest BCUT2D eigenvalue weighted by Gasteiger charge is -2.15. The smallest absolute Gasteiger partial charge is 0.186 e. The van der Waals surface area contributed by atoms with Crippen LogP contribution in [0, 0.1) is 5.92 Å². The van der Waals surface area contributed by atoms with E-state index in [4.69, 9.17) is 10.5 Å². The molecule has 3 rings (SSSR count). The molecule has 0 amide bonds. The van der Waals surface area contributed by atoms with Crippen LogP contribution in [0.25, 0.3) is 11.4 Å². The number of tetrazole rings is 1. The van der Waals surface area contributed by atoms with E-state index in [-0.39, 0.29) is 6.04 Å². The second-order valence-corrected chi connectivity index (χ2v) is 5.40. The summed E-state index contributed by atoms with van der Waals surface area (Å²) in [6.07, 6.45) is 3.76. The molecule has 2 aromatic rings. The van der Waals surface area contributed by atoms with Crippen LogP contribution in [0.3, 0.4) is 0 Å². The van der Waals surface area contributed by atoms with Gasteiger partial charge in [0, 0.05) is 0 Å². The number of benzene rings is 1. The summed E-state index contributed by atoms with van der Waals surface area (Å²) >= 11 is 0. The summed E-state index contributed by atoms with van der Waals surface area (Å²) in [5.74, 6) is 2.16. The second kappa shape index (κ2) is 5.11. The van der Waals surface area contributed by atoms with E-state index in [0.717, 1.165) is 17.9 Å². The van der Waals surface area contributed by atoms with Crippen LogP contribution in [0.2, 0.25) is 0 Å². The lowest BCUT2D eigenvalue weighted by molar-refractivity contribution is 0.413. The molecule has 0 bridgehead atoms.